The Kier molecular flexibility index (Phi) is 33.3. The third-order valence-electron chi connectivity index (χ3n) is 22.4. The van der Waals surface area contributed by atoms with Crippen LogP contribution in [0.3, 0.4) is 0 Å². The van der Waals surface area contributed by atoms with Crippen molar-refractivity contribution in [3.8, 4) is 0 Å². The molecular formula is C93H104N6O24. The van der Waals surface area contributed by atoms with Gasteiger partial charge in [0.25, 0.3) is 0 Å². The fourth-order valence-corrected chi connectivity index (χ4v) is 16.0. The fraction of sp³-hybridized carbons (Fsp3) is 0.441. The van der Waals surface area contributed by atoms with Gasteiger partial charge in [0.2, 0.25) is 0 Å². The molecule has 5 aliphatic heterocycles. The number of ether oxygens (including phenoxy) is 20. The van der Waals surface area contributed by atoms with Crippen LogP contribution in [0.4, 0.5) is 0 Å². The molecule has 0 bridgehead atoms. The lowest BCUT2D eigenvalue weighted by molar-refractivity contribution is -0.379. The van der Waals surface area contributed by atoms with Crippen molar-refractivity contribution in [2.24, 2.45) is 22.1 Å². The van der Waals surface area contributed by atoms with Crippen molar-refractivity contribution in [3.63, 3.8) is 0 Å². The van der Waals surface area contributed by atoms with Gasteiger partial charge in [-0.15, -0.1) is 0 Å². The van der Waals surface area contributed by atoms with Crippen molar-refractivity contribution in [3.05, 3.63) is 308 Å². The van der Waals surface area contributed by atoms with Gasteiger partial charge < -0.3 is 94.7 Å². The summed E-state index contributed by atoms with van der Waals surface area (Å²) in [6.45, 7) is 6.74. The van der Waals surface area contributed by atoms with Gasteiger partial charge in [0, 0.05) is 22.9 Å². The Morgan fingerprint density at radius 3 is 1.08 bits per heavy atom. The molecule has 30 nitrogen and oxygen atoms in total. The number of hydrogen-bond acceptors (Lipinski definition) is 26. The summed E-state index contributed by atoms with van der Waals surface area (Å²) >= 11 is 0. The molecule has 0 spiro atoms. The van der Waals surface area contributed by atoms with Gasteiger partial charge in [-0.05, 0) is 87.5 Å². The number of carbonyl (C=O) groups excluding carboxylic acids is 4. The first kappa shape index (κ1) is 90.3. The van der Waals surface area contributed by atoms with E-state index >= 15 is 14.4 Å². The minimum absolute atomic E-state index is 0.0444. The van der Waals surface area contributed by atoms with E-state index in [0.717, 1.165) is 29.4 Å². The van der Waals surface area contributed by atoms with E-state index in [4.69, 9.17) is 94.7 Å². The Morgan fingerprint density at radius 2 is 0.667 bits per heavy atom. The zero-order chi connectivity index (χ0) is 86.0. The summed E-state index contributed by atoms with van der Waals surface area (Å²) in [5, 5.41) is 8.73. The molecule has 0 aliphatic carbocycles. The predicted molar refractivity (Wildman–Crippen MR) is 441 cm³/mol. The molecule has 5 heterocycles. The molecule has 10 unspecified atom stereocenters. The predicted octanol–water partition coefficient (Wildman–Crippen LogP) is 14.2. The SMILES string of the molecule is CCC1O[C@@H](O[C@H]2C(C(=O)OC)O[C@@H](O[C@H]3C(COC(=O)c4ccccc4)O[C@@H](OC)C(C)[C@H]3OCc3ccccc3)C(OC(=O)c3ccccc3)[C@@H]2OCc2ccccc2)C(N=[N+]=[N-])[C@@H](C)[C@H]1O[C@@H]1OC(C(=O)OC)[C@H](O[C@@H]2OC(CC)[C@H](OCc3ccccc3)[C@H](OCc3ccccc3)C2N=[N+]=[N-])[C@H](OCc2ccccc2)C1OCc1ccccc1. The number of hydrogen-bond donors (Lipinski definition) is 0. The summed E-state index contributed by atoms with van der Waals surface area (Å²) in [7, 11) is 3.80. The molecule has 8 aromatic rings. The van der Waals surface area contributed by atoms with E-state index in [1.165, 1.54) is 14.2 Å². The largest absolute Gasteiger partial charge is 0.467 e. The second-order valence-corrected chi connectivity index (χ2v) is 30.4. The van der Waals surface area contributed by atoms with E-state index in [9.17, 15) is 15.9 Å². The number of esters is 4. The van der Waals surface area contributed by atoms with E-state index in [-0.39, 0.29) is 57.2 Å². The van der Waals surface area contributed by atoms with Crippen LogP contribution in [-0.4, -0.2) is 193 Å². The topological polar surface area (TPSA) is 350 Å². The van der Waals surface area contributed by atoms with Gasteiger partial charge in [0.15, 0.2) is 49.8 Å². The van der Waals surface area contributed by atoms with Gasteiger partial charge in [-0.25, -0.2) is 19.2 Å². The summed E-state index contributed by atoms with van der Waals surface area (Å²) in [5.74, 6) is -5.12. The third kappa shape index (κ3) is 23.2. The molecular weight excluding hydrogens is 1590 g/mol. The van der Waals surface area contributed by atoms with E-state index in [1.807, 2.05) is 191 Å². The summed E-state index contributed by atoms with van der Waals surface area (Å²) < 4.78 is 135. The van der Waals surface area contributed by atoms with Crippen molar-refractivity contribution in [2.75, 3.05) is 27.9 Å². The molecule has 0 amide bonds. The zero-order valence-electron chi connectivity index (χ0n) is 69.4. The average molecular weight is 1690 g/mol. The van der Waals surface area contributed by atoms with E-state index in [2.05, 4.69) is 20.1 Å². The normalized spacial score (nSPS) is 30.0. The molecule has 650 valence electrons. The molecule has 123 heavy (non-hydrogen) atoms. The fourth-order valence-electron chi connectivity index (χ4n) is 16.0. The van der Waals surface area contributed by atoms with Crippen LogP contribution >= 0.6 is 0 Å². The quantitative estimate of drug-likeness (QED) is 0.0114. The van der Waals surface area contributed by atoms with Crippen molar-refractivity contribution in [1.29, 1.82) is 0 Å². The van der Waals surface area contributed by atoms with Gasteiger partial charge >= 0.3 is 23.9 Å². The third-order valence-corrected chi connectivity index (χ3v) is 22.4. The second kappa shape index (κ2) is 45.3. The lowest BCUT2D eigenvalue weighted by Gasteiger charge is -2.51. The van der Waals surface area contributed by atoms with Crippen molar-refractivity contribution >= 4 is 23.9 Å². The van der Waals surface area contributed by atoms with Gasteiger partial charge in [-0.1, -0.05) is 256 Å². The molecule has 0 saturated carbocycles. The number of rotatable bonds is 38. The van der Waals surface area contributed by atoms with Gasteiger partial charge in [0.05, 0.1) is 95.4 Å². The first-order chi connectivity index (χ1) is 60.2. The first-order valence-electron chi connectivity index (χ1n) is 41.3. The number of carbonyl (C=O) groups is 4. The number of methoxy groups -OCH3 is 3. The summed E-state index contributed by atoms with van der Waals surface area (Å²) in [6, 6.07) is 69.9. The Labute approximate surface area is 713 Å². The molecule has 25 atom stereocenters. The molecule has 5 fully saturated rings. The van der Waals surface area contributed by atoms with Crippen LogP contribution in [0.5, 0.6) is 0 Å². The highest BCUT2D eigenvalue weighted by Gasteiger charge is 2.61. The molecule has 5 saturated heterocycles. The van der Waals surface area contributed by atoms with Crippen LogP contribution in [-0.2, 0) is 144 Å². The van der Waals surface area contributed by atoms with Crippen LogP contribution in [0.25, 0.3) is 20.9 Å². The van der Waals surface area contributed by atoms with Gasteiger partial charge in [0.1, 0.15) is 67.6 Å². The highest BCUT2D eigenvalue weighted by molar-refractivity contribution is 5.90. The van der Waals surface area contributed by atoms with Crippen LogP contribution in [0, 0.1) is 11.8 Å². The van der Waals surface area contributed by atoms with E-state index in [1.54, 1.807) is 79.7 Å². The smallest absolute Gasteiger partial charge is 0.338 e. The molecule has 8 aromatic carbocycles. The average Bonchev–Trinajstić information content (AvgIpc) is 0.757. The lowest BCUT2D eigenvalue weighted by atomic mass is 9.87. The second-order valence-electron chi connectivity index (χ2n) is 30.4. The Hall–Kier alpha value is -10.4. The molecule has 0 N–H and O–H groups in total. The van der Waals surface area contributed by atoms with Crippen LogP contribution < -0.4 is 0 Å². The maximum absolute atomic E-state index is 15.1. The highest BCUT2D eigenvalue weighted by atomic mass is 16.8. The first-order valence-corrected chi connectivity index (χ1v) is 41.3. The van der Waals surface area contributed by atoms with Crippen molar-refractivity contribution < 1.29 is 114 Å². The number of benzene rings is 8. The van der Waals surface area contributed by atoms with E-state index < -0.39 is 184 Å². The highest BCUT2D eigenvalue weighted by Crippen LogP contribution is 2.44. The molecule has 0 radical (unpaired) electrons. The number of azide groups is 2. The molecule has 13 rings (SSSR count). The minimum atomic E-state index is -1.87. The Bertz CT molecular complexity index is 4680. The van der Waals surface area contributed by atoms with Gasteiger partial charge in [-0.3, -0.25) is 0 Å². The standard InChI is InChI=1S/C93H104N6O24/c1-8-67-72(118-92-83(112-55-64-44-28-15-29-45-64)77(110-53-62-40-24-13-25-41-62)79(81(122-92)87(102)104-5)121-91-71(97-99-95)76(109-52-61-38-22-12-23-39-61)74(68(9-2)115-91)108-51-60-36-20-11-21-37-60)57(3)70(96-98-94)90(114-67)120-80-78(111-54-63-42-26-14-27-43-63)84(117-86(101)66-48-32-17-33-49-66)93(123-82(80)88(103)105-6)119-75-69(56-113-85(100)65-46-30-16-31-47-65)116-89(106-7)58(4)73(75)107-50-59-34-18-10-19-35-59/h10-49,57-58,67-84,89-93H,8-9,50-56H2,1-7H3/t57-,58?,67?,68?,69?,70?,71?,72-,73-,74+,75+,76-,77+,78-,79-,80-,81?,82?,83?,84?,89-,90+,91+,92-,93-/m1/s1. The van der Waals surface area contributed by atoms with Gasteiger partial charge in [-0.2, -0.15) is 0 Å². The van der Waals surface area contributed by atoms with Crippen molar-refractivity contribution in [2.45, 2.75) is 221 Å². The molecule has 30 heteroatoms. The van der Waals surface area contributed by atoms with Crippen LogP contribution in [0.1, 0.15) is 94.6 Å². The maximum Gasteiger partial charge on any atom is 0.338 e. The Morgan fingerprint density at radius 1 is 0.333 bits per heavy atom. The van der Waals surface area contributed by atoms with Crippen LogP contribution in [0.15, 0.2) is 253 Å². The lowest BCUT2D eigenvalue weighted by Crippen LogP contribution is -2.68. The minimum Gasteiger partial charge on any atom is -0.467 e. The number of nitrogens with zero attached hydrogens (tertiary/aromatic N) is 6. The van der Waals surface area contributed by atoms with E-state index in [0.29, 0.717) is 17.5 Å². The van der Waals surface area contributed by atoms with Crippen LogP contribution in [0.2, 0.25) is 0 Å². The monoisotopic (exact) mass is 1690 g/mol. The maximum atomic E-state index is 15.1. The molecule has 0 aromatic heterocycles. The summed E-state index contributed by atoms with van der Waals surface area (Å²) in [5.41, 5.74) is 26.3. The zero-order valence-corrected chi connectivity index (χ0v) is 69.4. The summed E-state index contributed by atoms with van der Waals surface area (Å²) in [6.07, 6.45) is -28.4. The van der Waals surface area contributed by atoms with Crippen molar-refractivity contribution in [1.82, 2.24) is 0 Å². The summed E-state index contributed by atoms with van der Waals surface area (Å²) in [4.78, 5) is 65.8. The molecule has 5 aliphatic rings. The Balaban J connectivity index is 0.862.